The molecule has 0 aromatic carbocycles. The van der Waals surface area contributed by atoms with Gasteiger partial charge in [-0.3, -0.25) is 0 Å². The maximum atomic E-state index is 7.62. The maximum absolute atomic E-state index is 7.62. The molecular formula is C13H30O3. The Morgan fingerprint density at radius 1 is 0.938 bits per heavy atom. The summed E-state index contributed by atoms with van der Waals surface area (Å²) in [6, 6.07) is 0. The first-order valence-corrected chi connectivity index (χ1v) is 5.53. The predicted molar refractivity (Wildman–Crippen MR) is 70.6 cm³/mol. The summed E-state index contributed by atoms with van der Waals surface area (Å²) in [6.07, 6.45) is 1.75. The standard InChI is InChI=1S/C8H18O.C3H6.C2H6O2/c1-7(2,3)9-8(4,5)6;1-3-2;3-1-2-4/h1-6H3;3H,1H2,2H3;3-4H,1-2H2. The van der Waals surface area contributed by atoms with E-state index in [1.54, 1.807) is 6.08 Å². The summed E-state index contributed by atoms with van der Waals surface area (Å²) in [6.45, 7) is 17.4. The molecule has 0 spiro atoms. The fraction of sp³-hybridized carbons (Fsp3) is 0.846. The van der Waals surface area contributed by atoms with Gasteiger partial charge < -0.3 is 14.9 Å². The molecule has 0 radical (unpaired) electrons. The number of rotatable bonds is 1. The van der Waals surface area contributed by atoms with Crippen LogP contribution in [0.5, 0.6) is 0 Å². The first-order valence-electron chi connectivity index (χ1n) is 5.53. The van der Waals surface area contributed by atoms with Crippen molar-refractivity contribution < 1.29 is 14.9 Å². The van der Waals surface area contributed by atoms with Crippen molar-refractivity contribution in [2.24, 2.45) is 0 Å². The fourth-order valence-electron chi connectivity index (χ4n) is 0.919. The van der Waals surface area contributed by atoms with Crippen LogP contribution in [0.4, 0.5) is 0 Å². The van der Waals surface area contributed by atoms with Gasteiger partial charge in [-0.2, -0.15) is 0 Å². The topological polar surface area (TPSA) is 49.7 Å². The lowest BCUT2D eigenvalue weighted by atomic mass is 10.1. The summed E-state index contributed by atoms with van der Waals surface area (Å²) < 4.78 is 5.62. The summed E-state index contributed by atoms with van der Waals surface area (Å²) in [4.78, 5) is 0. The number of ether oxygens (including phenoxy) is 1. The Morgan fingerprint density at radius 2 is 1.12 bits per heavy atom. The van der Waals surface area contributed by atoms with Crippen LogP contribution in [0.1, 0.15) is 48.5 Å². The van der Waals surface area contributed by atoms with E-state index in [9.17, 15) is 0 Å². The van der Waals surface area contributed by atoms with E-state index in [0.717, 1.165) is 0 Å². The van der Waals surface area contributed by atoms with E-state index in [-0.39, 0.29) is 24.4 Å². The van der Waals surface area contributed by atoms with Crippen molar-refractivity contribution in [2.75, 3.05) is 13.2 Å². The summed E-state index contributed by atoms with van der Waals surface area (Å²) in [7, 11) is 0. The Labute approximate surface area is 101 Å². The van der Waals surface area contributed by atoms with E-state index < -0.39 is 0 Å². The van der Waals surface area contributed by atoms with E-state index in [1.165, 1.54) is 0 Å². The normalized spacial score (nSPS) is 10.6. The van der Waals surface area contributed by atoms with E-state index in [1.807, 2.05) is 6.92 Å². The molecule has 100 valence electrons. The molecule has 0 aromatic rings. The van der Waals surface area contributed by atoms with Crippen LogP contribution < -0.4 is 0 Å². The number of hydrogen-bond acceptors (Lipinski definition) is 3. The highest BCUT2D eigenvalue weighted by Crippen LogP contribution is 2.17. The molecule has 0 aliphatic rings. The molecule has 0 amide bonds. The van der Waals surface area contributed by atoms with Crippen LogP contribution in [-0.2, 0) is 4.74 Å². The third kappa shape index (κ3) is 49.5. The van der Waals surface area contributed by atoms with E-state index >= 15 is 0 Å². The highest BCUT2D eigenvalue weighted by atomic mass is 16.5. The van der Waals surface area contributed by atoms with E-state index in [0.29, 0.717) is 0 Å². The van der Waals surface area contributed by atoms with Crippen LogP contribution in [0.15, 0.2) is 12.7 Å². The largest absolute Gasteiger partial charge is 0.394 e. The Balaban J connectivity index is -0.000000201. The monoisotopic (exact) mass is 234 g/mol. The third-order valence-corrected chi connectivity index (χ3v) is 0.712. The van der Waals surface area contributed by atoms with Crippen LogP contribution >= 0.6 is 0 Å². The van der Waals surface area contributed by atoms with Crippen molar-refractivity contribution in [1.82, 2.24) is 0 Å². The summed E-state index contributed by atoms with van der Waals surface area (Å²) in [5.41, 5.74) is -0.0312. The molecule has 0 aromatic heterocycles. The second-order valence-corrected chi connectivity index (χ2v) is 5.18. The van der Waals surface area contributed by atoms with Gasteiger partial charge in [0.1, 0.15) is 0 Å². The molecule has 0 heterocycles. The summed E-state index contributed by atoms with van der Waals surface area (Å²) >= 11 is 0. The van der Waals surface area contributed by atoms with Gasteiger partial charge >= 0.3 is 0 Å². The van der Waals surface area contributed by atoms with Gasteiger partial charge in [-0.05, 0) is 48.5 Å². The number of allylic oxidation sites excluding steroid dienone is 1. The van der Waals surface area contributed by atoms with E-state index in [2.05, 4.69) is 48.1 Å². The summed E-state index contributed by atoms with van der Waals surface area (Å²) in [5.74, 6) is 0. The molecule has 2 N–H and O–H groups in total. The van der Waals surface area contributed by atoms with Gasteiger partial charge in [0.05, 0.1) is 24.4 Å². The highest BCUT2D eigenvalue weighted by molar-refractivity contribution is 4.68. The smallest absolute Gasteiger partial charge is 0.0662 e. The molecule has 0 fully saturated rings. The van der Waals surface area contributed by atoms with Gasteiger partial charge in [0, 0.05) is 0 Å². The SMILES string of the molecule is C=CC.CC(C)(C)OC(C)(C)C.OCCO. The zero-order valence-electron chi connectivity index (χ0n) is 12.0. The molecule has 0 rings (SSSR count). The molecule has 3 nitrogen and oxygen atoms in total. The minimum absolute atomic E-state index is 0.0156. The molecule has 3 heteroatoms. The predicted octanol–water partition coefficient (Wildman–Crippen LogP) is 2.76. The van der Waals surface area contributed by atoms with Crippen molar-refractivity contribution in [1.29, 1.82) is 0 Å². The lowest BCUT2D eigenvalue weighted by molar-refractivity contribution is -0.102. The molecule has 0 saturated heterocycles. The molecular weight excluding hydrogens is 204 g/mol. The van der Waals surface area contributed by atoms with Gasteiger partial charge in [0.15, 0.2) is 0 Å². The van der Waals surface area contributed by atoms with Gasteiger partial charge in [-0.1, -0.05) is 6.08 Å². The molecule has 0 aliphatic carbocycles. The molecule has 0 unspecified atom stereocenters. The van der Waals surface area contributed by atoms with Crippen molar-refractivity contribution in [2.45, 2.75) is 59.7 Å². The van der Waals surface area contributed by atoms with Crippen LogP contribution in [0.3, 0.4) is 0 Å². The first-order chi connectivity index (χ1) is 7.04. The minimum atomic E-state index is -0.125. The van der Waals surface area contributed by atoms with Gasteiger partial charge in [0.2, 0.25) is 0 Å². The second-order valence-electron chi connectivity index (χ2n) is 5.18. The zero-order chi connectivity index (χ0) is 13.8. The van der Waals surface area contributed by atoms with Crippen molar-refractivity contribution >= 4 is 0 Å². The maximum Gasteiger partial charge on any atom is 0.0662 e. The summed E-state index contributed by atoms with van der Waals surface area (Å²) in [5, 5.41) is 15.2. The van der Waals surface area contributed by atoms with Crippen LogP contribution in [0, 0.1) is 0 Å². The Hall–Kier alpha value is -0.380. The lowest BCUT2D eigenvalue weighted by Gasteiger charge is -2.30. The Bertz CT molecular complexity index is 126. The highest BCUT2D eigenvalue weighted by Gasteiger charge is 2.19. The van der Waals surface area contributed by atoms with Crippen molar-refractivity contribution in [3.05, 3.63) is 12.7 Å². The number of aliphatic hydroxyl groups excluding tert-OH is 2. The quantitative estimate of drug-likeness (QED) is 0.686. The average molecular weight is 234 g/mol. The van der Waals surface area contributed by atoms with Crippen LogP contribution in [0.25, 0.3) is 0 Å². The average Bonchev–Trinajstić information content (AvgIpc) is 1.99. The third-order valence-electron chi connectivity index (χ3n) is 0.712. The molecule has 0 bridgehead atoms. The Kier molecular flexibility index (Phi) is 14.6. The van der Waals surface area contributed by atoms with Crippen LogP contribution in [0.2, 0.25) is 0 Å². The number of hydrogen-bond donors (Lipinski definition) is 2. The van der Waals surface area contributed by atoms with Gasteiger partial charge in [-0.25, -0.2) is 0 Å². The van der Waals surface area contributed by atoms with Gasteiger partial charge in [-0.15, -0.1) is 6.58 Å². The van der Waals surface area contributed by atoms with E-state index in [4.69, 9.17) is 14.9 Å². The minimum Gasteiger partial charge on any atom is -0.394 e. The number of aliphatic hydroxyl groups is 2. The molecule has 0 aliphatic heterocycles. The second kappa shape index (κ2) is 11.1. The Morgan fingerprint density at radius 3 is 1.12 bits per heavy atom. The van der Waals surface area contributed by atoms with Crippen molar-refractivity contribution in [3.63, 3.8) is 0 Å². The molecule has 0 atom stereocenters. The fourth-order valence-corrected chi connectivity index (χ4v) is 0.919. The molecule has 16 heavy (non-hydrogen) atoms. The zero-order valence-corrected chi connectivity index (χ0v) is 12.0. The van der Waals surface area contributed by atoms with Crippen molar-refractivity contribution in [3.8, 4) is 0 Å². The first kappa shape index (κ1) is 21.0. The molecule has 0 saturated carbocycles. The van der Waals surface area contributed by atoms with Crippen LogP contribution in [-0.4, -0.2) is 34.6 Å². The lowest BCUT2D eigenvalue weighted by Crippen LogP contribution is -2.31. The van der Waals surface area contributed by atoms with Gasteiger partial charge in [0.25, 0.3) is 0 Å².